The maximum absolute atomic E-state index is 12.5. The summed E-state index contributed by atoms with van der Waals surface area (Å²) >= 11 is 5.79. The second kappa shape index (κ2) is 5.79. The summed E-state index contributed by atoms with van der Waals surface area (Å²) in [7, 11) is -3.43. The Morgan fingerprint density at radius 3 is 2.58 bits per heavy atom. The van der Waals surface area contributed by atoms with Gasteiger partial charge in [-0.15, -0.1) is 0 Å². The first-order valence-electron chi connectivity index (χ1n) is 6.42. The fraction of sp³-hybridized carbons (Fsp3) is 0.538. The molecule has 0 saturated carbocycles. The predicted molar refractivity (Wildman–Crippen MR) is 76.6 cm³/mol. The van der Waals surface area contributed by atoms with Crippen molar-refractivity contribution in [2.75, 3.05) is 13.1 Å². The van der Waals surface area contributed by atoms with Crippen molar-refractivity contribution < 1.29 is 8.42 Å². The average molecular weight is 303 g/mol. The van der Waals surface area contributed by atoms with E-state index in [9.17, 15) is 8.42 Å². The topological polar surface area (TPSA) is 63.4 Å². The molecule has 2 atom stereocenters. The highest BCUT2D eigenvalue weighted by Gasteiger charge is 2.31. The van der Waals surface area contributed by atoms with E-state index in [1.807, 2.05) is 6.92 Å². The quantitative estimate of drug-likeness (QED) is 0.930. The van der Waals surface area contributed by atoms with Crippen LogP contribution in [0.2, 0.25) is 5.02 Å². The van der Waals surface area contributed by atoms with Gasteiger partial charge in [0.15, 0.2) is 0 Å². The molecule has 0 amide bonds. The van der Waals surface area contributed by atoms with Crippen LogP contribution in [-0.4, -0.2) is 31.9 Å². The summed E-state index contributed by atoms with van der Waals surface area (Å²) in [6.07, 6.45) is 1.85. The lowest BCUT2D eigenvalue weighted by Gasteiger charge is -2.33. The van der Waals surface area contributed by atoms with Gasteiger partial charge in [0.2, 0.25) is 10.0 Å². The van der Waals surface area contributed by atoms with Crippen molar-refractivity contribution in [3.05, 3.63) is 29.3 Å². The summed E-state index contributed by atoms with van der Waals surface area (Å²) in [5.74, 6) is 0.232. The molecule has 0 spiro atoms. The molecular formula is C13H19ClN2O2S. The van der Waals surface area contributed by atoms with Crippen molar-refractivity contribution in [3.63, 3.8) is 0 Å². The number of benzene rings is 1. The van der Waals surface area contributed by atoms with Crippen LogP contribution in [0.3, 0.4) is 0 Å². The number of hydrogen-bond acceptors (Lipinski definition) is 3. The van der Waals surface area contributed by atoms with Gasteiger partial charge in [-0.2, -0.15) is 4.31 Å². The third-order valence-corrected chi connectivity index (χ3v) is 5.75. The third kappa shape index (κ3) is 3.28. The molecule has 0 radical (unpaired) electrons. The number of nitrogens with zero attached hydrogens (tertiary/aromatic N) is 1. The van der Waals surface area contributed by atoms with Gasteiger partial charge in [-0.25, -0.2) is 8.42 Å². The fourth-order valence-electron chi connectivity index (χ4n) is 2.38. The summed E-state index contributed by atoms with van der Waals surface area (Å²) in [5, 5.41) is 0.533. The van der Waals surface area contributed by atoms with Crippen LogP contribution in [0.25, 0.3) is 0 Å². The second-order valence-corrected chi connectivity index (χ2v) is 7.45. The molecule has 6 heteroatoms. The maximum atomic E-state index is 12.5. The first kappa shape index (κ1) is 14.8. The second-order valence-electron chi connectivity index (χ2n) is 5.08. The van der Waals surface area contributed by atoms with Crippen molar-refractivity contribution in [3.8, 4) is 0 Å². The largest absolute Gasteiger partial charge is 0.328 e. The lowest BCUT2D eigenvalue weighted by Crippen LogP contribution is -2.44. The summed E-state index contributed by atoms with van der Waals surface area (Å²) in [5.41, 5.74) is 5.89. The molecule has 0 bridgehead atoms. The highest BCUT2D eigenvalue weighted by Crippen LogP contribution is 2.25. The van der Waals surface area contributed by atoms with Crippen LogP contribution in [0.15, 0.2) is 29.2 Å². The Labute approximate surface area is 119 Å². The van der Waals surface area contributed by atoms with Crippen LogP contribution in [0.5, 0.6) is 0 Å². The monoisotopic (exact) mass is 302 g/mol. The summed E-state index contributed by atoms with van der Waals surface area (Å²) in [4.78, 5) is 0.294. The van der Waals surface area contributed by atoms with Gasteiger partial charge in [-0.05, 0) is 49.9 Å². The van der Waals surface area contributed by atoms with Crippen LogP contribution in [0.1, 0.15) is 19.8 Å². The number of piperidine rings is 1. The summed E-state index contributed by atoms with van der Waals surface area (Å²) < 4.78 is 26.6. The highest BCUT2D eigenvalue weighted by atomic mass is 35.5. The van der Waals surface area contributed by atoms with Gasteiger partial charge in [0.25, 0.3) is 0 Å². The molecular weight excluding hydrogens is 284 g/mol. The lowest BCUT2D eigenvalue weighted by molar-refractivity contribution is 0.243. The Kier molecular flexibility index (Phi) is 4.50. The van der Waals surface area contributed by atoms with Crippen LogP contribution in [0, 0.1) is 5.92 Å². The Morgan fingerprint density at radius 2 is 2.00 bits per heavy atom. The standard InChI is InChI=1S/C13H19ClN2O2S/c1-10(15)11-3-2-8-16(9-11)19(17,18)13-6-4-12(14)5-7-13/h4-7,10-11H,2-3,8-9,15H2,1H3/t10-,11-/m0/s1. The summed E-state index contributed by atoms with van der Waals surface area (Å²) in [6, 6.07) is 6.31. The zero-order valence-electron chi connectivity index (χ0n) is 10.9. The van der Waals surface area contributed by atoms with E-state index < -0.39 is 10.0 Å². The normalized spacial score (nSPS) is 23.2. The molecule has 0 aliphatic carbocycles. The van der Waals surface area contributed by atoms with Crippen LogP contribution >= 0.6 is 11.6 Å². The Bertz CT molecular complexity index is 528. The van der Waals surface area contributed by atoms with Crippen LogP contribution in [-0.2, 0) is 10.0 Å². The number of halogens is 1. The van der Waals surface area contributed by atoms with E-state index in [-0.39, 0.29) is 12.0 Å². The van der Waals surface area contributed by atoms with Gasteiger partial charge in [0.1, 0.15) is 0 Å². The zero-order chi connectivity index (χ0) is 14.0. The van der Waals surface area contributed by atoms with Crippen LogP contribution < -0.4 is 5.73 Å². The van der Waals surface area contributed by atoms with E-state index in [0.29, 0.717) is 23.0 Å². The first-order chi connectivity index (χ1) is 8.91. The van der Waals surface area contributed by atoms with Gasteiger partial charge >= 0.3 is 0 Å². The van der Waals surface area contributed by atoms with Gasteiger partial charge in [-0.3, -0.25) is 0 Å². The molecule has 1 fully saturated rings. The fourth-order valence-corrected chi connectivity index (χ4v) is 4.04. The minimum atomic E-state index is -3.43. The van der Waals surface area contributed by atoms with Gasteiger partial charge in [0, 0.05) is 24.2 Å². The van der Waals surface area contributed by atoms with Crippen molar-refractivity contribution in [2.24, 2.45) is 11.7 Å². The molecule has 0 unspecified atom stereocenters. The van der Waals surface area contributed by atoms with Crippen molar-refractivity contribution in [1.82, 2.24) is 4.31 Å². The van der Waals surface area contributed by atoms with E-state index in [4.69, 9.17) is 17.3 Å². The van der Waals surface area contributed by atoms with E-state index in [1.165, 1.54) is 4.31 Å². The predicted octanol–water partition coefficient (Wildman–Crippen LogP) is 2.09. The average Bonchev–Trinajstić information content (AvgIpc) is 2.39. The van der Waals surface area contributed by atoms with E-state index in [2.05, 4.69) is 0 Å². The Morgan fingerprint density at radius 1 is 1.37 bits per heavy atom. The molecule has 1 aromatic carbocycles. The Balaban J connectivity index is 2.22. The third-order valence-electron chi connectivity index (χ3n) is 3.62. The van der Waals surface area contributed by atoms with E-state index in [1.54, 1.807) is 24.3 Å². The molecule has 1 saturated heterocycles. The van der Waals surface area contributed by atoms with Crippen LogP contribution in [0.4, 0.5) is 0 Å². The first-order valence-corrected chi connectivity index (χ1v) is 8.24. The maximum Gasteiger partial charge on any atom is 0.243 e. The number of sulfonamides is 1. The molecule has 1 aliphatic heterocycles. The molecule has 19 heavy (non-hydrogen) atoms. The van der Waals surface area contributed by atoms with Crippen molar-refractivity contribution in [2.45, 2.75) is 30.7 Å². The molecule has 2 rings (SSSR count). The minimum absolute atomic E-state index is 0.0169. The highest BCUT2D eigenvalue weighted by molar-refractivity contribution is 7.89. The molecule has 1 aromatic rings. The van der Waals surface area contributed by atoms with Gasteiger partial charge in [0.05, 0.1) is 4.90 Å². The lowest BCUT2D eigenvalue weighted by atomic mass is 9.93. The molecule has 106 valence electrons. The Hall–Kier alpha value is -0.620. The van der Waals surface area contributed by atoms with Gasteiger partial charge < -0.3 is 5.73 Å². The van der Waals surface area contributed by atoms with E-state index in [0.717, 1.165) is 12.8 Å². The molecule has 0 aromatic heterocycles. The number of hydrogen-bond donors (Lipinski definition) is 1. The molecule has 1 aliphatic rings. The molecule has 1 heterocycles. The minimum Gasteiger partial charge on any atom is -0.328 e. The number of rotatable bonds is 3. The number of nitrogens with two attached hydrogens (primary N) is 1. The smallest absolute Gasteiger partial charge is 0.243 e. The van der Waals surface area contributed by atoms with Gasteiger partial charge in [-0.1, -0.05) is 11.6 Å². The SMILES string of the molecule is C[C@H](N)[C@H]1CCCN(S(=O)(=O)c2ccc(Cl)cc2)C1. The zero-order valence-corrected chi connectivity index (χ0v) is 12.5. The molecule has 4 nitrogen and oxygen atoms in total. The molecule has 2 N–H and O–H groups in total. The van der Waals surface area contributed by atoms with Crippen molar-refractivity contribution in [1.29, 1.82) is 0 Å². The van der Waals surface area contributed by atoms with E-state index >= 15 is 0 Å². The van der Waals surface area contributed by atoms with Crippen molar-refractivity contribution >= 4 is 21.6 Å². The summed E-state index contributed by atoms with van der Waals surface area (Å²) in [6.45, 7) is 3.00.